The lowest BCUT2D eigenvalue weighted by Gasteiger charge is -2.12. The van der Waals surface area contributed by atoms with Gasteiger partial charge in [-0.3, -0.25) is 0 Å². The maximum Gasteiger partial charge on any atom is 0.114 e. The van der Waals surface area contributed by atoms with Crippen molar-refractivity contribution < 1.29 is 4.74 Å². The number of hydrogen-bond acceptors (Lipinski definition) is 8. The molecule has 4 heterocycles. The molecule has 0 N–H and O–H groups in total. The molecule has 4 aromatic heterocycles. The Kier molecular flexibility index (Phi) is 20.9. The van der Waals surface area contributed by atoms with E-state index in [1.807, 2.05) is 34.0 Å². The van der Waals surface area contributed by atoms with Gasteiger partial charge in [0.2, 0.25) is 0 Å². The lowest BCUT2D eigenvalue weighted by atomic mass is 9.98. The van der Waals surface area contributed by atoms with Crippen molar-refractivity contribution in [1.82, 2.24) is 8.75 Å². The fourth-order valence-electron chi connectivity index (χ4n) is 8.54. The molecule has 0 aliphatic heterocycles. The summed E-state index contributed by atoms with van der Waals surface area (Å²) >= 11 is 12.0. The SMILES string of the molecule is CCCCCCc1cc(-c2ccc(-c3cc(CCCCCC)c(C(C)C)s3)c3nsnc23)sc1-c1cc(CCOCCCC)c(/C=C/c2ccc(/C=C/C(S)=C(\CCC)C(C)C)cc2)s1. The minimum Gasteiger partial charge on any atom is -0.381 e. The van der Waals surface area contributed by atoms with Crippen LogP contribution < -0.4 is 0 Å². The van der Waals surface area contributed by atoms with Gasteiger partial charge in [-0.1, -0.05) is 161 Å². The molecule has 0 aliphatic carbocycles. The summed E-state index contributed by atoms with van der Waals surface area (Å²) in [6, 6.07) is 20.9. The van der Waals surface area contributed by atoms with Gasteiger partial charge in [0.1, 0.15) is 11.0 Å². The number of hydrogen-bond donors (Lipinski definition) is 1. The van der Waals surface area contributed by atoms with Crippen molar-refractivity contribution in [2.24, 2.45) is 5.92 Å². The normalized spacial score (nSPS) is 12.7. The third-order valence-corrected chi connectivity index (χ3v) is 17.3. The molecule has 0 atom stereocenters. The maximum atomic E-state index is 6.14. The highest BCUT2D eigenvalue weighted by atomic mass is 32.1. The van der Waals surface area contributed by atoms with Gasteiger partial charge in [-0.2, -0.15) is 8.75 Å². The van der Waals surface area contributed by atoms with Crippen molar-refractivity contribution >= 4 is 87.6 Å². The van der Waals surface area contributed by atoms with E-state index in [4.69, 9.17) is 26.1 Å². The number of ether oxygens (including phenoxy) is 1. The molecule has 0 saturated heterocycles. The van der Waals surface area contributed by atoms with Crippen molar-refractivity contribution in [2.75, 3.05) is 13.2 Å². The van der Waals surface area contributed by atoms with Crippen LogP contribution in [0.2, 0.25) is 0 Å². The van der Waals surface area contributed by atoms with Crippen LogP contribution in [0.5, 0.6) is 0 Å². The lowest BCUT2D eigenvalue weighted by Crippen LogP contribution is -2.00. The standard InChI is InChI=1S/C57H74N2OS5/c1-9-13-16-18-21-44-37-51(63-56(44)40(7)8)47-29-30-48(55-54(47)58-65-59-55)52-38-45(22-19-17-14-10-2)57(64-52)53-36-43(33-35-60-34-15-11-3)50(62-53)32-28-42-25-23-41(24-26-42)27-31-49(61)46(20-12-4)39(5)6/h23-32,36-40,61H,9-22,33-35H2,1-8H3/b31-27+,32-28+,49-46-. The van der Waals surface area contributed by atoms with E-state index in [0.29, 0.717) is 11.8 Å². The Hall–Kier alpha value is -3.11. The molecule has 0 bridgehead atoms. The number of aromatic nitrogens is 2. The quantitative estimate of drug-likeness (QED) is 0.0317. The van der Waals surface area contributed by atoms with Crippen molar-refractivity contribution in [3.63, 3.8) is 0 Å². The number of allylic oxidation sites excluding steroid dienone is 2. The van der Waals surface area contributed by atoms with Gasteiger partial charge in [0, 0.05) is 51.9 Å². The average Bonchev–Trinajstić information content (AvgIpc) is 4.13. The molecule has 3 nitrogen and oxygen atoms in total. The summed E-state index contributed by atoms with van der Waals surface area (Å²) in [6.45, 7) is 19.8. The minimum absolute atomic E-state index is 0.502. The lowest BCUT2D eigenvalue weighted by molar-refractivity contribution is 0.134. The second-order valence-corrected chi connectivity index (χ2v) is 22.5. The number of unbranched alkanes of at least 4 members (excludes halogenated alkanes) is 7. The van der Waals surface area contributed by atoms with Gasteiger partial charge in [-0.05, 0) is 115 Å². The zero-order valence-corrected chi connectivity index (χ0v) is 44.7. The van der Waals surface area contributed by atoms with Crippen molar-refractivity contribution in [3.05, 3.63) is 109 Å². The Morgan fingerprint density at radius 1 is 0.600 bits per heavy atom. The van der Waals surface area contributed by atoms with Gasteiger partial charge in [-0.25, -0.2) is 0 Å². The highest BCUT2D eigenvalue weighted by molar-refractivity contribution is 7.84. The molecule has 0 amide bonds. The highest BCUT2D eigenvalue weighted by Gasteiger charge is 2.22. The van der Waals surface area contributed by atoms with Crippen LogP contribution in [-0.2, 0) is 24.0 Å². The zero-order chi connectivity index (χ0) is 46.1. The molecule has 348 valence electrons. The van der Waals surface area contributed by atoms with Gasteiger partial charge >= 0.3 is 0 Å². The van der Waals surface area contributed by atoms with E-state index in [1.165, 1.54) is 137 Å². The van der Waals surface area contributed by atoms with Crippen molar-refractivity contribution in [3.8, 4) is 30.6 Å². The van der Waals surface area contributed by atoms with E-state index in [9.17, 15) is 0 Å². The van der Waals surface area contributed by atoms with Crippen LogP contribution in [0.1, 0.15) is 176 Å². The van der Waals surface area contributed by atoms with Crippen molar-refractivity contribution in [1.29, 1.82) is 0 Å². The van der Waals surface area contributed by atoms with E-state index in [0.717, 1.165) is 74.1 Å². The van der Waals surface area contributed by atoms with Gasteiger partial charge in [-0.15, -0.1) is 46.6 Å². The van der Waals surface area contributed by atoms with Crippen LogP contribution in [0.25, 0.3) is 59.9 Å². The fourth-order valence-corrected chi connectivity index (χ4v) is 13.3. The molecular formula is C57H74N2OS5. The Labute approximate surface area is 414 Å². The third kappa shape index (κ3) is 14.2. The molecule has 0 saturated carbocycles. The Morgan fingerprint density at radius 3 is 1.82 bits per heavy atom. The van der Waals surface area contributed by atoms with Crippen LogP contribution >= 0.6 is 58.4 Å². The molecule has 8 heteroatoms. The van der Waals surface area contributed by atoms with Gasteiger partial charge in [0.25, 0.3) is 0 Å². The van der Waals surface area contributed by atoms with Crippen molar-refractivity contribution in [2.45, 2.75) is 158 Å². The monoisotopic (exact) mass is 962 g/mol. The van der Waals surface area contributed by atoms with E-state index < -0.39 is 0 Å². The summed E-state index contributed by atoms with van der Waals surface area (Å²) in [4.78, 5) is 9.29. The van der Waals surface area contributed by atoms with E-state index in [2.05, 4.69) is 134 Å². The molecule has 0 radical (unpaired) electrons. The van der Waals surface area contributed by atoms with Gasteiger partial charge in [0.05, 0.1) is 18.3 Å². The van der Waals surface area contributed by atoms with Gasteiger partial charge < -0.3 is 4.74 Å². The van der Waals surface area contributed by atoms with E-state index >= 15 is 0 Å². The largest absolute Gasteiger partial charge is 0.381 e. The minimum atomic E-state index is 0.502. The number of aryl methyl sites for hydroxylation is 2. The molecule has 6 aromatic rings. The molecule has 0 spiro atoms. The molecule has 2 aromatic carbocycles. The number of fused-ring (bicyclic) bond motifs is 1. The Bertz CT molecular complexity index is 2470. The van der Waals surface area contributed by atoms with Crippen LogP contribution in [0.3, 0.4) is 0 Å². The molecule has 0 aliphatic rings. The smallest absolute Gasteiger partial charge is 0.114 e. The molecule has 65 heavy (non-hydrogen) atoms. The van der Waals surface area contributed by atoms with Crippen LogP contribution in [-0.4, -0.2) is 22.0 Å². The summed E-state index contributed by atoms with van der Waals surface area (Å²) < 4.78 is 16.1. The first-order valence-corrected chi connectivity index (χ1v) is 28.4. The number of benzene rings is 2. The van der Waals surface area contributed by atoms with Crippen LogP contribution in [0.15, 0.2) is 71.2 Å². The van der Waals surface area contributed by atoms with E-state index in [1.54, 1.807) is 0 Å². The first-order valence-electron chi connectivity index (χ1n) is 24.8. The summed E-state index contributed by atoms with van der Waals surface area (Å²) in [5.74, 6) is 1.01. The van der Waals surface area contributed by atoms with E-state index in [-0.39, 0.29) is 0 Å². The summed E-state index contributed by atoms with van der Waals surface area (Å²) in [5.41, 5.74) is 12.6. The number of nitrogens with zero attached hydrogens (tertiary/aromatic N) is 2. The predicted octanol–water partition coefficient (Wildman–Crippen LogP) is 19.4. The second-order valence-electron chi connectivity index (χ2n) is 18.2. The molecule has 6 rings (SSSR count). The average molecular weight is 964 g/mol. The first-order chi connectivity index (χ1) is 31.6. The summed E-state index contributed by atoms with van der Waals surface area (Å²) in [6.07, 6.45) is 26.7. The second kappa shape index (κ2) is 26.4. The predicted molar refractivity (Wildman–Crippen MR) is 297 cm³/mol. The Balaban J connectivity index is 1.32. The maximum absolute atomic E-state index is 6.14. The number of thiol groups is 1. The zero-order valence-electron chi connectivity index (χ0n) is 40.6. The number of thiophene rings is 3. The summed E-state index contributed by atoms with van der Waals surface area (Å²) in [5, 5.41) is 0. The Morgan fingerprint density at radius 2 is 1.20 bits per heavy atom. The van der Waals surface area contributed by atoms with Gasteiger partial charge in [0.15, 0.2) is 0 Å². The third-order valence-electron chi connectivity index (χ3n) is 12.3. The highest BCUT2D eigenvalue weighted by Crippen LogP contribution is 2.47. The topological polar surface area (TPSA) is 35.0 Å². The number of rotatable bonds is 27. The molecular weight excluding hydrogens is 889 g/mol. The summed E-state index contributed by atoms with van der Waals surface area (Å²) in [7, 11) is 0. The molecule has 0 unspecified atom stereocenters. The molecule has 0 fully saturated rings. The van der Waals surface area contributed by atoms with Crippen LogP contribution in [0, 0.1) is 5.92 Å². The first kappa shape index (κ1) is 51.3. The van der Waals surface area contributed by atoms with Crippen LogP contribution in [0.4, 0.5) is 0 Å². The fraction of sp³-hybridized carbons (Fsp3) is 0.474.